The van der Waals surface area contributed by atoms with Crippen LogP contribution in [0.5, 0.6) is 0 Å². The molecule has 0 aliphatic heterocycles. The second-order valence-electron chi connectivity index (χ2n) is 5.04. The van der Waals surface area contributed by atoms with Crippen molar-refractivity contribution in [1.82, 2.24) is 0 Å². The Kier molecular flexibility index (Phi) is 4.65. The molecule has 18 heavy (non-hydrogen) atoms. The second-order valence-corrected chi connectivity index (χ2v) is 6.65. The van der Waals surface area contributed by atoms with E-state index in [1.807, 2.05) is 24.3 Å². The van der Waals surface area contributed by atoms with Crippen molar-refractivity contribution >= 4 is 27.5 Å². The standard InChI is InChI=1S/C14H16BrClF2/c15-13(9-10-1-3-12(16)4-2-10)11-5-7-14(17,18)8-6-11/h1-4,11,13H,5-9H2. The summed E-state index contributed by atoms with van der Waals surface area (Å²) < 4.78 is 26.2. The summed E-state index contributed by atoms with van der Waals surface area (Å²) in [5.74, 6) is -2.09. The lowest BCUT2D eigenvalue weighted by molar-refractivity contribution is -0.0456. The molecule has 1 aliphatic carbocycles. The van der Waals surface area contributed by atoms with Crippen molar-refractivity contribution in [2.45, 2.75) is 42.9 Å². The zero-order valence-electron chi connectivity index (χ0n) is 10.0. The molecule has 1 unspecified atom stereocenters. The van der Waals surface area contributed by atoms with Crippen molar-refractivity contribution in [3.8, 4) is 0 Å². The normalized spacial score (nSPS) is 21.8. The van der Waals surface area contributed by atoms with Crippen LogP contribution in [0.25, 0.3) is 0 Å². The van der Waals surface area contributed by atoms with Gasteiger partial charge in [0, 0.05) is 22.7 Å². The maximum Gasteiger partial charge on any atom is 0.248 e. The maximum absolute atomic E-state index is 13.1. The van der Waals surface area contributed by atoms with Crippen molar-refractivity contribution < 1.29 is 8.78 Å². The van der Waals surface area contributed by atoms with Gasteiger partial charge in [0.25, 0.3) is 0 Å². The number of halogens is 4. The molecule has 4 heteroatoms. The minimum Gasteiger partial charge on any atom is -0.207 e. The van der Waals surface area contributed by atoms with Crippen molar-refractivity contribution in [1.29, 1.82) is 0 Å². The van der Waals surface area contributed by atoms with Gasteiger partial charge in [-0.15, -0.1) is 0 Å². The van der Waals surface area contributed by atoms with Crippen LogP contribution in [0.4, 0.5) is 8.78 Å². The van der Waals surface area contributed by atoms with E-state index in [0.29, 0.717) is 18.8 Å². The van der Waals surface area contributed by atoms with E-state index in [2.05, 4.69) is 15.9 Å². The highest BCUT2D eigenvalue weighted by Gasteiger charge is 2.36. The predicted octanol–water partition coefficient (Wildman–Crippen LogP) is 5.47. The Labute approximate surface area is 120 Å². The van der Waals surface area contributed by atoms with E-state index in [9.17, 15) is 8.78 Å². The van der Waals surface area contributed by atoms with E-state index in [1.165, 1.54) is 5.56 Å². The Morgan fingerprint density at radius 1 is 1.22 bits per heavy atom. The lowest BCUT2D eigenvalue weighted by Crippen LogP contribution is -2.29. The van der Waals surface area contributed by atoms with Crippen LogP contribution in [0.3, 0.4) is 0 Å². The van der Waals surface area contributed by atoms with Crippen LogP contribution in [0.1, 0.15) is 31.2 Å². The highest BCUT2D eigenvalue weighted by Crippen LogP contribution is 2.39. The van der Waals surface area contributed by atoms with Gasteiger partial charge in [0.1, 0.15) is 0 Å². The molecule has 1 aromatic carbocycles. The van der Waals surface area contributed by atoms with Crippen LogP contribution in [-0.4, -0.2) is 10.7 Å². The third-order valence-corrected chi connectivity index (χ3v) is 4.94. The summed E-state index contributed by atoms with van der Waals surface area (Å²) in [4.78, 5) is 0.273. The van der Waals surface area contributed by atoms with E-state index in [0.717, 1.165) is 11.4 Å². The fraction of sp³-hybridized carbons (Fsp3) is 0.571. The molecular weight excluding hydrogens is 322 g/mol. The van der Waals surface area contributed by atoms with Gasteiger partial charge in [0.05, 0.1) is 0 Å². The highest BCUT2D eigenvalue weighted by atomic mass is 79.9. The molecule has 0 spiro atoms. The van der Waals surface area contributed by atoms with Crippen LogP contribution in [0, 0.1) is 5.92 Å². The van der Waals surface area contributed by atoms with E-state index in [-0.39, 0.29) is 17.7 Å². The summed E-state index contributed by atoms with van der Waals surface area (Å²) in [7, 11) is 0. The molecular formula is C14H16BrClF2. The Morgan fingerprint density at radius 2 is 1.78 bits per heavy atom. The van der Waals surface area contributed by atoms with Crippen LogP contribution >= 0.6 is 27.5 Å². The molecule has 1 aliphatic rings. The molecule has 0 bridgehead atoms. The fourth-order valence-corrected chi connectivity index (χ4v) is 3.46. The van der Waals surface area contributed by atoms with Gasteiger partial charge in [-0.1, -0.05) is 39.7 Å². The maximum atomic E-state index is 13.1. The number of alkyl halides is 3. The van der Waals surface area contributed by atoms with E-state index >= 15 is 0 Å². The number of hydrogen-bond acceptors (Lipinski definition) is 0. The zero-order valence-corrected chi connectivity index (χ0v) is 12.4. The Bertz CT molecular complexity index is 381. The minimum absolute atomic E-state index is 0.0282. The summed E-state index contributed by atoms with van der Waals surface area (Å²) in [6.45, 7) is 0. The lowest BCUT2D eigenvalue weighted by Gasteiger charge is -2.31. The first-order chi connectivity index (χ1) is 8.46. The van der Waals surface area contributed by atoms with Crippen LogP contribution in [-0.2, 0) is 6.42 Å². The number of benzene rings is 1. The van der Waals surface area contributed by atoms with Crippen LogP contribution in [0.15, 0.2) is 24.3 Å². The minimum atomic E-state index is -2.44. The van der Waals surface area contributed by atoms with Crippen molar-refractivity contribution in [3.05, 3.63) is 34.9 Å². The molecule has 0 amide bonds. The average Bonchev–Trinajstić information content (AvgIpc) is 2.32. The Balaban J connectivity index is 1.89. The first kappa shape index (κ1) is 14.3. The van der Waals surface area contributed by atoms with Gasteiger partial charge in [-0.05, 0) is 42.9 Å². The predicted molar refractivity (Wildman–Crippen MR) is 74.8 cm³/mol. The molecule has 0 heterocycles. The van der Waals surface area contributed by atoms with Crippen molar-refractivity contribution in [2.75, 3.05) is 0 Å². The SMILES string of the molecule is FC1(F)CCC(C(Br)Cc2ccc(Cl)cc2)CC1. The van der Waals surface area contributed by atoms with Crippen LogP contribution in [0.2, 0.25) is 5.02 Å². The molecule has 0 saturated heterocycles. The van der Waals surface area contributed by atoms with E-state index in [4.69, 9.17) is 11.6 Å². The molecule has 100 valence electrons. The summed E-state index contributed by atoms with van der Waals surface area (Å²) in [5, 5.41) is 0.724. The van der Waals surface area contributed by atoms with Gasteiger partial charge in [-0.2, -0.15) is 0 Å². The number of hydrogen-bond donors (Lipinski definition) is 0. The molecule has 0 aromatic heterocycles. The number of rotatable bonds is 3. The summed E-state index contributed by atoms with van der Waals surface area (Å²) in [6, 6.07) is 7.72. The quantitative estimate of drug-likeness (QED) is 0.641. The topological polar surface area (TPSA) is 0 Å². The summed E-state index contributed by atoms with van der Waals surface area (Å²) in [6.07, 6.45) is 2.14. The Morgan fingerprint density at radius 3 is 2.33 bits per heavy atom. The third-order valence-electron chi connectivity index (χ3n) is 3.62. The van der Waals surface area contributed by atoms with Gasteiger partial charge in [0.2, 0.25) is 5.92 Å². The molecule has 1 saturated carbocycles. The summed E-state index contributed by atoms with van der Waals surface area (Å²) in [5.41, 5.74) is 1.19. The highest BCUT2D eigenvalue weighted by molar-refractivity contribution is 9.09. The first-order valence-electron chi connectivity index (χ1n) is 6.23. The Hall–Kier alpha value is -0.150. The molecule has 2 rings (SSSR count). The first-order valence-corrected chi connectivity index (χ1v) is 7.52. The third kappa shape index (κ3) is 3.92. The van der Waals surface area contributed by atoms with Gasteiger partial charge >= 0.3 is 0 Å². The van der Waals surface area contributed by atoms with Gasteiger partial charge < -0.3 is 0 Å². The van der Waals surface area contributed by atoms with Crippen molar-refractivity contribution in [2.24, 2.45) is 5.92 Å². The van der Waals surface area contributed by atoms with E-state index in [1.54, 1.807) is 0 Å². The molecule has 0 N–H and O–H groups in total. The molecule has 0 nitrogen and oxygen atoms in total. The monoisotopic (exact) mass is 336 g/mol. The van der Waals surface area contributed by atoms with Crippen molar-refractivity contribution in [3.63, 3.8) is 0 Å². The summed E-state index contributed by atoms with van der Waals surface area (Å²) >= 11 is 9.49. The molecule has 1 fully saturated rings. The average molecular weight is 338 g/mol. The molecule has 1 atom stereocenters. The van der Waals surface area contributed by atoms with Gasteiger partial charge in [-0.3, -0.25) is 0 Å². The van der Waals surface area contributed by atoms with Crippen LogP contribution < -0.4 is 0 Å². The largest absolute Gasteiger partial charge is 0.248 e. The van der Waals surface area contributed by atoms with E-state index < -0.39 is 5.92 Å². The fourth-order valence-electron chi connectivity index (χ4n) is 2.44. The second kappa shape index (κ2) is 5.87. The molecule has 1 aromatic rings. The van der Waals surface area contributed by atoms with Gasteiger partial charge in [0.15, 0.2) is 0 Å². The molecule has 0 radical (unpaired) electrons. The smallest absolute Gasteiger partial charge is 0.207 e. The zero-order chi connectivity index (χ0) is 13.2. The van der Waals surface area contributed by atoms with Gasteiger partial charge in [-0.25, -0.2) is 8.78 Å². The lowest BCUT2D eigenvalue weighted by atomic mass is 9.83.